The molecular formula is C8H8N2O4P+. The van der Waals surface area contributed by atoms with Gasteiger partial charge in [-0.15, -0.1) is 9.79 Å². The molecule has 1 aromatic carbocycles. The number of benzene rings is 1. The topological polar surface area (TPSA) is 103 Å². The molecule has 1 heterocycles. The highest BCUT2D eigenvalue weighted by molar-refractivity contribution is 7.30. The Balaban J connectivity index is 0.000000245. The van der Waals surface area contributed by atoms with Crippen molar-refractivity contribution < 1.29 is 14.4 Å². The third kappa shape index (κ3) is 3.95. The summed E-state index contributed by atoms with van der Waals surface area (Å²) < 4.78 is 8.70. The smallest absolute Gasteiger partial charge is 0.305 e. The molecule has 0 amide bonds. The molecule has 2 aromatic rings. The van der Waals surface area contributed by atoms with Crippen LogP contribution in [0, 0.1) is 0 Å². The number of H-pyrrole nitrogens is 1. The first kappa shape index (κ1) is 11.5. The SMILES string of the molecule is O=[P+](O)O.O=c1ncc2ccccc2[nH]1. The predicted molar refractivity (Wildman–Crippen MR) is 54.4 cm³/mol. The highest BCUT2D eigenvalue weighted by Gasteiger charge is 1.93. The molecule has 0 saturated carbocycles. The normalized spacial score (nSPS) is 9.20. The highest BCUT2D eigenvalue weighted by atomic mass is 31.1. The van der Waals surface area contributed by atoms with Crippen LogP contribution in [0.3, 0.4) is 0 Å². The number of nitrogens with zero attached hydrogens (tertiary/aromatic N) is 1. The molecule has 1 aromatic heterocycles. The van der Waals surface area contributed by atoms with E-state index in [-0.39, 0.29) is 5.69 Å². The summed E-state index contributed by atoms with van der Waals surface area (Å²) >= 11 is 0. The van der Waals surface area contributed by atoms with E-state index in [1.54, 1.807) is 6.20 Å². The second kappa shape index (κ2) is 5.31. The summed E-state index contributed by atoms with van der Waals surface area (Å²) in [6.07, 6.45) is 1.56. The standard InChI is InChI=1S/C8H6N2O.HO3P/c11-8-9-5-6-3-1-2-4-7(6)10-8;1-4(2)3/h1-5H,(H,9,10,11);(H-,1,2,3)/p+1. The summed E-state index contributed by atoms with van der Waals surface area (Å²) in [5.41, 5.74) is 0.524. The first-order chi connectivity index (χ1) is 7.09. The van der Waals surface area contributed by atoms with Crippen molar-refractivity contribution in [3.63, 3.8) is 0 Å². The third-order valence-corrected chi connectivity index (χ3v) is 1.52. The average Bonchev–Trinajstić information content (AvgIpc) is 2.16. The number of hydrogen-bond acceptors (Lipinski definition) is 3. The first-order valence-corrected chi connectivity index (χ1v) is 5.05. The quantitative estimate of drug-likeness (QED) is 0.570. The van der Waals surface area contributed by atoms with Gasteiger partial charge in [-0.3, -0.25) is 0 Å². The monoisotopic (exact) mass is 227 g/mol. The Kier molecular flexibility index (Phi) is 4.05. The average molecular weight is 227 g/mol. The van der Waals surface area contributed by atoms with Crippen LogP contribution in [-0.2, 0) is 4.57 Å². The molecule has 0 aliphatic carbocycles. The maximum Gasteiger partial charge on any atom is 0.692 e. The zero-order valence-corrected chi connectivity index (χ0v) is 8.39. The van der Waals surface area contributed by atoms with E-state index < -0.39 is 8.25 Å². The molecular weight excluding hydrogens is 219 g/mol. The zero-order valence-electron chi connectivity index (χ0n) is 7.49. The van der Waals surface area contributed by atoms with Crippen LogP contribution in [0.25, 0.3) is 10.9 Å². The maximum absolute atomic E-state index is 10.7. The Morgan fingerprint density at radius 1 is 1.27 bits per heavy atom. The number of rotatable bonds is 0. The minimum absolute atomic E-state index is 0.302. The second-order valence-electron chi connectivity index (χ2n) is 2.53. The lowest BCUT2D eigenvalue weighted by Gasteiger charge is -1.92. The minimum Gasteiger partial charge on any atom is -0.305 e. The number of para-hydroxylation sites is 1. The van der Waals surface area contributed by atoms with E-state index in [1.165, 1.54) is 0 Å². The lowest BCUT2D eigenvalue weighted by atomic mass is 10.2. The fraction of sp³-hybridized carbons (Fsp3) is 0. The molecule has 0 fully saturated rings. The lowest BCUT2D eigenvalue weighted by molar-refractivity contribution is 0.405. The molecule has 0 bridgehead atoms. The van der Waals surface area contributed by atoms with E-state index >= 15 is 0 Å². The van der Waals surface area contributed by atoms with Gasteiger partial charge in [0.05, 0.1) is 5.52 Å². The van der Waals surface area contributed by atoms with Crippen molar-refractivity contribution in [2.45, 2.75) is 0 Å². The van der Waals surface area contributed by atoms with E-state index in [9.17, 15) is 4.79 Å². The van der Waals surface area contributed by atoms with Crippen molar-refractivity contribution in [3.05, 3.63) is 40.9 Å². The molecule has 0 unspecified atom stereocenters. The van der Waals surface area contributed by atoms with Gasteiger partial charge in [0.2, 0.25) is 0 Å². The molecule has 3 N–H and O–H groups in total. The number of aromatic amines is 1. The van der Waals surface area contributed by atoms with Crippen LogP contribution < -0.4 is 5.69 Å². The molecule has 2 rings (SSSR count). The predicted octanol–water partition coefficient (Wildman–Crippen LogP) is 0.551. The van der Waals surface area contributed by atoms with Crippen molar-refractivity contribution in [1.29, 1.82) is 0 Å². The molecule has 0 aliphatic rings. The first-order valence-electron chi connectivity index (χ1n) is 3.88. The molecule has 78 valence electrons. The Bertz CT molecular complexity index is 521. The van der Waals surface area contributed by atoms with Crippen molar-refractivity contribution >= 4 is 19.2 Å². The van der Waals surface area contributed by atoms with Gasteiger partial charge in [-0.25, -0.2) is 9.78 Å². The third-order valence-electron chi connectivity index (χ3n) is 1.52. The van der Waals surface area contributed by atoms with Crippen LogP contribution >= 0.6 is 8.25 Å². The van der Waals surface area contributed by atoms with E-state index in [1.807, 2.05) is 24.3 Å². The molecule has 0 radical (unpaired) electrons. The van der Waals surface area contributed by atoms with Crippen LogP contribution in [0.1, 0.15) is 0 Å². The lowest BCUT2D eigenvalue weighted by Crippen LogP contribution is -2.07. The van der Waals surface area contributed by atoms with Gasteiger partial charge in [-0.05, 0) is 6.07 Å². The van der Waals surface area contributed by atoms with Crippen LogP contribution in [0.2, 0.25) is 0 Å². The number of aromatic nitrogens is 2. The molecule has 0 saturated heterocycles. The molecule has 6 nitrogen and oxygen atoms in total. The number of hydrogen-bond donors (Lipinski definition) is 3. The summed E-state index contributed by atoms with van der Waals surface area (Å²) in [6, 6.07) is 7.53. The molecule has 15 heavy (non-hydrogen) atoms. The van der Waals surface area contributed by atoms with Gasteiger partial charge < -0.3 is 4.98 Å². The second-order valence-corrected chi connectivity index (χ2v) is 3.03. The highest BCUT2D eigenvalue weighted by Crippen LogP contribution is 2.05. The summed E-state index contributed by atoms with van der Waals surface area (Å²) in [4.78, 5) is 31.2. The Labute approximate surface area is 85.2 Å². The van der Waals surface area contributed by atoms with Crippen molar-refractivity contribution in [3.8, 4) is 0 Å². The number of fused-ring (bicyclic) bond motifs is 1. The van der Waals surface area contributed by atoms with E-state index in [0.29, 0.717) is 0 Å². The fourth-order valence-electron chi connectivity index (χ4n) is 0.999. The Morgan fingerprint density at radius 2 is 1.87 bits per heavy atom. The van der Waals surface area contributed by atoms with E-state index in [0.717, 1.165) is 10.9 Å². The number of nitrogens with one attached hydrogen (secondary N) is 1. The van der Waals surface area contributed by atoms with Crippen LogP contribution in [0.15, 0.2) is 35.3 Å². The van der Waals surface area contributed by atoms with Crippen molar-refractivity contribution in [2.24, 2.45) is 0 Å². The van der Waals surface area contributed by atoms with Gasteiger partial charge in [0.25, 0.3) is 0 Å². The molecule has 0 atom stereocenters. The van der Waals surface area contributed by atoms with Crippen LogP contribution in [-0.4, -0.2) is 19.8 Å². The zero-order chi connectivity index (χ0) is 11.3. The van der Waals surface area contributed by atoms with E-state index in [2.05, 4.69) is 9.97 Å². The molecule has 7 heteroatoms. The van der Waals surface area contributed by atoms with Gasteiger partial charge in [-0.2, -0.15) is 0 Å². The molecule has 0 spiro atoms. The van der Waals surface area contributed by atoms with Crippen LogP contribution in [0.4, 0.5) is 0 Å². The molecule has 0 aliphatic heterocycles. The van der Waals surface area contributed by atoms with Gasteiger partial charge in [0.15, 0.2) is 0 Å². The van der Waals surface area contributed by atoms with Gasteiger partial charge in [0, 0.05) is 16.1 Å². The minimum atomic E-state index is -2.87. The summed E-state index contributed by atoms with van der Waals surface area (Å²) in [5, 5.41) is 0.951. The van der Waals surface area contributed by atoms with Gasteiger partial charge in [-0.1, -0.05) is 18.2 Å². The van der Waals surface area contributed by atoms with Crippen LogP contribution in [0.5, 0.6) is 0 Å². The van der Waals surface area contributed by atoms with Gasteiger partial charge >= 0.3 is 13.9 Å². The fourth-order valence-corrected chi connectivity index (χ4v) is 0.999. The summed E-state index contributed by atoms with van der Waals surface area (Å²) in [7, 11) is -2.87. The van der Waals surface area contributed by atoms with Crippen molar-refractivity contribution in [2.75, 3.05) is 0 Å². The maximum atomic E-state index is 10.7. The largest absolute Gasteiger partial charge is 0.692 e. The summed E-state index contributed by atoms with van der Waals surface area (Å²) in [5.74, 6) is 0. The Hall–Kier alpha value is -1.62. The Morgan fingerprint density at radius 3 is 2.53 bits per heavy atom. The summed E-state index contributed by atoms with van der Waals surface area (Å²) in [6.45, 7) is 0. The van der Waals surface area contributed by atoms with Gasteiger partial charge in [0.1, 0.15) is 0 Å². The van der Waals surface area contributed by atoms with Crippen molar-refractivity contribution in [1.82, 2.24) is 9.97 Å². The van der Waals surface area contributed by atoms with E-state index in [4.69, 9.17) is 14.4 Å².